The highest BCUT2D eigenvalue weighted by Gasteiger charge is 2.73. The van der Waals surface area contributed by atoms with Gasteiger partial charge in [0.05, 0.1) is 54.4 Å². The largest absolute Gasteiger partial charge is 0.462 e. The minimum absolute atomic E-state index is 0.0168. The van der Waals surface area contributed by atoms with E-state index < -0.39 is 101 Å². The fourth-order valence-corrected chi connectivity index (χ4v) is 23.0. The first kappa shape index (κ1) is 71.6. The molecule has 23 heteroatoms. The fraction of sp³-hybridized carbons (Fsp3) is 0.889. The smallest absolute Gasteiger partial charge is 0.331 e. The summed E-state index contributed by atoms with van der Waals surface area (Å²) in [6.45, 7) is 18.8. The van der Waals surface area contributed by atoms with Crippen LogP contribution in [0.4, 0.5) is 0 Å². The Kier molecular flexibility index (Phi) is 19.8. The van der Waals surface area contributed by atoms with Gasteiger partial charge < -0.3 is 92.6 Å². The number of carbonyl (C=O) groups excluding carboxylic acids is 4. The summed E-state index contributed by atoms with van der Waals surface area (Å²) in [4.78, 5) is 48.6. The molecule has 536 valence electrons. The molecule has 13 aliphatic rings. The summed E-state index contributed by atoms with van der Waals surface area (Å²) in [7, 11) is 3.19. The van der Waals surface area contributed by atoms with Crippen molar-refractivity contribution >= 4 is 23.9 Å². The zero-order valence-corrected chi connectivity index (χ0v) is 57.9. The van der Waals surface area contributed by atoms with E-state index in [1.54, 1.807) is 20.3 Å². The van der Waals surface area contributed by atoms with E-state index in [9.17, 15) is 54.9 Å². The summed E-state index contributed by atoms with van der Waals surface area (Å²) in [5.41, 5.74) is -1.40. The van der Waals surface area contributed by atoms with Crippen LogP contribution >= 0.6 is 0 Å². The van der Waals surface area contributed by atoms with Gasteiger partial charge in [-0.1, -0.05) is 27.7 Å². The third-order valence-electron chi connectivity index (χ3n) is 27.8. The van der Waals surface area contributed by atoms with E-state index in [4.69, 9.17) is 56.8 Å². The van der Waals surface area contributed by atoms with Gasteiger partial charge in [0.1, 0.15) is 62.0 Å². The second-order valence-electron chi connectivity index (χ2n) is 32.7. The highest BCUT2D eigenvalue weighted by Crippen LogP contribution is 2.73. The van der Waals surface area contributed by atoms with Crippen molar-refractivity contribution in [2.24, 2.45) is 69.0 Å². The highest BCUT2D eigenvalue weighted by atomic mass is 16.8. The van der Waals surface area contributed by atoms with E-state index in [-0.39, 0.29) is 108 Å². The van der Waals surface area contributed by atoms with Crippen LogP contribution in [0.5, 0.6) is 0 Å². The van der Waals surface area contributed by atoms with E-state index in [1.165, 1.54) is 26.8 Å². The van der Waals surface area contributed by atoms with E-state index in [2.05, 4.69) is 27.7 Å². The Hall–Kier alpha value is -3.24. The van der Waals surface area contributed by atoms with Crippen molar-refractivity contribution in [2.45, 2.75) is 299 Å². The topological polar surface area (TPSA) is 321 Å². The molecule has 5 heterocycles. The predicted molar refractivity (Wildman–Crippen MR) is 336 cm³/mol. The van der Waals surface area contributed by atoms with Crippen molar-refractivity contribution in [3.8, 4) is 0 Å². The van der Waals surface area contributed by atoms with Gasteiger partial charge in [-0.3, -0.25) is 9.59 Å². The van der Waals surface area contributed by atoms with Crippen molar-refractivity contribution in [3.63, 3.8) is 0 Å². The molecule has 31 unspecified atom stereocenters. The number of ether oxygens (including phenoxy) is 12. The number of aliphatic hydroxyl groups excluding tert-OH is 5. The van der Waals surface area contributed by atoms with Crippen LogP contribution in [0.2, 0.25) is 0 Å². The van der Waals surface area contributed by atoms with Crippen LogP contribution < -0.4 is 0 Å². The lowest BCUT2D eigenvalue weighted by Gasteiger charge is -2.63. The molecule has 13 rings (SSSR count). The van der Waals surface area contributed by atoms with Gasteiger partial charge in [-0.2, -0.15) is 0 Å². The average Bonchev–Trinajstić information content (AvgIpc) is 1.60. The summed E-state index contributed by atoms with van der Waals surface area (Å²) < 4.78 is 71.7. The van der Waals surface area contributed by atoms with Crippen molar-refractivity contribution in [3.05, 3.63) is 23.3 Å². The SMILES string of the molecule is COC1CC(C)(OC2CCC3(C)C(CCC4C3CCC3(C)C(C5=CC(=O)OC5)C(OC(C)=O)CC43O)C2)OC(C)C1OC1(C)OC(CO)C(O)C(O)C1O.COC1CC(OC2CCC3(C)C(CCC4C3CCC3(C)C(C5=CC(=O)OC5)C(OC(C)=O)CC43O)C2)OC(C)C1O. The standard InChI is InChI=1S/C40H62O14.C32H48O9/c1-20-34(54-39(6)35(46)33(45)32(44)29(18-41)53-39)28(48-7)16-38(5,51-20)52-24-10-12-36(3)23(15-24)8-9-26-25(36)11-13-37(4)31(22-14-30(43)49-19-22)27(50-21(2)42)17-40(26,37)47;1-17-29(35)24(37-5)14-27(39-17)41-21-8-10-30(3)20(13-21)6-7-23-22(30)9-11-31(4)28(19-12-26(34)38-16-19)25(40-18(2)33)15-32(23,31)36/h14,20,23-29,31-35,41,44-47H,8-13,15-19H2,1-7H3;12,17,20-25,27-29,35-36H,6-11,13-16H2,1-5H3. The van der Waals surface area contributed by atoms with Crippen molar-refractivity contribution < 1.29 is 112 Å². The van der Waals surface area contributed by atoms with Crippen molar-refractivity contribution in [1.29, 1.82) is 0 Å². The Morgan fingerprint density at radius 1 is 0.568 bits per heavy atom. The minimum atomic E-state index is -1.75. The molecule has 0 bridgehead atoms. The van der Waals surface area contributed by atoms with Crippen LogP contribution in [0.3, 0.4) is 0 Å². The van der Waals surface area contributed by atoms with E-state index in [1.807, 2.05) is 20.8 Å². The summed E-state index contributed by atoms with van der Waals surface area (Å²) in [5, 5.41) is 77.2. The summed E-state index contributed by atoms with van der Waals surface area (Å²) in [5.74, 6) is -3.11. The molecule has 8 saturated carbocycles. The van der Waals surface area contributed by atoms with E-state index in [0.29, 0.717) is 43.4 Å². The molecular formula is C72H110O23. The quantitative estimate of drug-likeness (QED) is 0.0635. The van der Waals surface area contributed by atoms with Gasteiger partial charge in [0.15, 0.2) is 17.9 Å². The summed E-state index contributed by atoms with van der Waals surface area (Å²) in [6.07, 6.45) is 7.19. The second-order valence-corrected chi connectivity index (χ2v) is 32.7. The number of aliphatic hydroxyl groups is 7. The van der Waals surface area contributed by atoms with Crippen molar-refractivity contribution in [2.75, 3.05) is 34.0 Å². The molecule has 5 aliphatic heterocycles. The lowest BCUT2D eigenvalue weighted by atomic mass is 9.43. The number of fused-ring (bicyclic) bond motifs is 10. The molecule has 0 aromatic carbocycles. The Morgan fingerprint density at radius 3 is 1.55 bits per heavy atom. The van der Waals surface area contributed by atoms with E-state index in [0.717, 1.165) is 101 Å². The van der Waals surface area contributed by atoms with Gasteiger partial charge >= 0.3 is 23.9 Å². The fourth-order valence-electron chi connectivity index (χ4n) is 23.0. The molecule has 0 spiro atoms. The van der Waals surface area contributed by atoms with Crippen molar-refractivity contribution in [1.82, 2.24) is 0 Å². The predicted octanol–water partition coefficient (Wildman–Crippen LogP) is 5.97. The Bertz CT molecular complexity index is 2920. The number of hydrogen-bond donors (Lipinski definition) is 7. The first-order valence-corrected chi connectivity index (χ1v) is 35.6. The molecule has 0 radical (unpaired) electrons. The Balaban J connectivity index is 0.000000189. The first-order valence-electron chi connectivity index (χ1n) is 35.6. The van der Waals surface area contributed by atoms with Gasteiger partial charge in [0.2, 0.25) is 0 Å². The van der Waals surface area contributed by atoms with Crippen LogP contribution in [0.1, 0.15) is 185 Å². The second kappa shape index (κ2) is 26.3. The van der Waals surface area contributed by atoms with Crippen LogP contribution in [-0.2, 0) is 76.0 Å². The van der Waals surface area contributed by atoms with E-state index >= 15 is 0 Å². The molecule has 95 heavy (non-hydrogen) atoms. The Labute approximate surface area is 559 Å². The lowest BCUT2D eigenvalue weighted by molar-refractivity contribution is -0.400. The molecule has 8 aliphatic carbocycles. The third-order valence-corrected chi connectivity index (χ3v) is 27.8. The number of rotatable bonds is 13. The molecule has 31 atom stereocenters. The number of cyclic esters (lactones) is 2. The highest BCUT2D eigenvalue weighted by molar-refractivity contribution is 5.86. The van der Waals surface area contributed by atoms with Gasteiger partial charge in [-0.15, -0.1) is 0 Å². The zero-order chi connectivity index (χ0) is 68.5. The molecule has 0 aromatic heterocycles. The average molecular weight is 1340 g/mol. The van der Waals surface area contributed by atoms with Crippen LogP contribution in [0, 0.1) is 69.0 Å². The Morgan fingerprint density at radius 2 is 1.07 bits per heavy atom. The molecular weight excluding hydrogens is 1230 g/mol. The zero-order valence-electron chi connectivity index (χ0n) is 57.9. The van der Waals surface area contributed by atoms with Gasteiger partial charge in [-0.25, -0.2) is 9.59 Å². The normalized spacial score (nSPS) is 52.3. The first-order chi connectivity index (χ1) is 44.7. The maximum absolute atomic E-state index is 12.9. The summed E-state index contributed by atoms with van der Waals surface area (Å²) >= 11 is 0. The van der Waals surface area contributed by atoms with Crippen LogP contribution in [-0.4, -0.2) is 208 Å². The van der Waals surface area contributed by atoms with Gasteiger partial charge in [0.25, 0.3) is 0 Å². The summed E-state index contributed by atoms with van der Waals surface area (Å²) in [6, 6.07) is 0. The maximum Gasteiger partial charge on any atom is 0.331 e. The van der Waals surface area contributed by atoms with Crippen LogP contribution in [0.15, 0.2) is 23.3 Å². The molecule has 0 amide bonds. The number of carbonyl (C=O) groups is 4. The maximum atomic E-state index is 12.9. The molecule has 3 saturated heterocycles. The van der Waals surface area contributed by atoms with Gasteiger partial charge in [-0.05, 0) is 175 Å². The van der Waals surface area contributed by atoms with Gasteiger partial charge in [0, 0.05) is 88.6 Å². The molecule has 23 nitrogen and oxygen atoms in total. The van der Waals surface area contributed by atoms with Crippen LogP contribution in [0.25, 0.3) is 0 Å². The number of hydrogen-bond acceptors (Lipinski definition) is 23. The third kappa shape index (κ3) is 12.2. The molecule has 7 N–H and O–H groups in total. The molecule has 0 aromatic rings. The number of methoxy groups -OCH3 is 2. The monoisotopic (exact) mass is 1340 g/mol. The minimum Gasteiger partial charge on any atom is -0.462 e. The molecule has 11 fully saturated rings. The lowest BCUT2D eigenvalue weighted by Crippen LogP contribution is -2.67. The number of esters is 4.